The summed E-state index contributed by atoms with van der Waals surface area (Å²) in [6.45, 7) is 3.45. The summed E-state index contributed by atoms with van der Waals surface area (Å²) in [5.74, 6) is -0.0241. The van der Waals surface area contributed by atoms with Gasteiger partial charge in [-0.1, -0.05) is 25.1 Å². The van der Waals surface area contributed by atoms with Gasteiger partial charge in [-0.2, -0.15) is 0 Å². The van der Waals surface area contributed by atoms with Crippen molar-refractivity contribution in [1.29, 1.82) is 0 Å². The van der Waals surface area contributed by atoms with Gasteiger partial charge in [0.05, 0.1) is 6.10 Å². The Kier molecular flexibility index (Phi) is 4.31. The average Bonchev–Trinajstić information content (AvgIpc) is 2.28. The number of ether oxygens (including phenoxy) is 1. The molecule has 0 spiro atoms. The lowest BCUT2D eigenvalue weighted by atomic mass is 10.1. The Balaban J connectivity index is 2.90. The number of primary amides is 1. The van der Waals surface area contributed by atoms with E-state index in [1.165, 1.54) is 0 Å². The zero-order chi connectivity index (χ0) is 12.1. The van der Waals surface area contributed by atoms with Crippen molar-refractivity contribution in [2.45, 2.75) is 32.5 Å². The smallest absolute Gasteiger partial charge is 0.258 e. The van der Waals surface area contributed by atoms with Gasteiger partial charge in [-0.15, -0.1) is 0 Å². The fraction of sp³-hybridized carbons (Fsp3) is 0.417. The van der Waals surface area contributed by atoms with Gasteiger partial charge in [-0.3, -0.25) is 4.79 Å². The molecule has 0 radical (unpaired) electrons. The number of hydrogen-bond donors (Lipinski definition) is 2. The highest BCUT2D eigenvalue weighted by Crippen LogP contribution is 2.27. The van der Waals surface area contributed by atoms with Crippen LogP contribution in [0.25, 0.3) is 0 Å². The molecule has 1 rings (SSSR count). The van der Waals surface area contributed by atoms with Crippen LogP contribution in [0.1, 0.15) is 31.9 Å². The van der Waals surface area contributed by atoms with Gasteiger partial charge in [0.1, 0.15) is 5.75 Å². The van der Waals surface area contributed by atoms with Crippen molar-refractivity contribution in [1.82, 2.24) is 0 Å². The predicted molar refractivity (Wildman–Crippen MR) is 61.0 cm³/mol. The third-order valence-electron chi connectivity index (χ3n) is 2.37. The Labute approximate surface area is 95.0 Å². The van der Waals surface area contributed by atoms with Gasteiger partial charge in [0, 0.05) is 5.56 Å². The molecule has 2 atom stereocenters. The first-order valence-corrected chi connectivity index (χ1v) is 5.29. The van der Waals surface area contributed by atoms with Crippen molar-refractivity contribution in [3.8, 4) is 5.75 Å². The number of rotatable bonds is 5. The number of aliphatic hydroxyl groups excluding tert-OH is 1. The van der Waals surface area contributed by atoms with Crippen LogP contribution in [0, 0.1) is 0 Å². The number of benzene rings is 1. The summed E-state index contributed by atoms with van der Waals surface area (Å²) in [6.07, 6.45) is -0.702. The summed E-state index contributed by atoms with van der Waals surface area (Å²) in [5.41, 5.74) is 5.79. The molecule has 0 saturated heterocycles. The molecule has 88 valence electrons. The zero-order valence-electron chi connectivity index (χ0n) is 9.51. The van der Waals surface area contributed by atoms with Crippen molar-refractivity contribution < 1.29 is 14.6 Å². The summed E-state index contributed by atoms with van der Waals surface area (Å²) < 4.78 is 5.40. The van der Waals surface area contributed by atoms with Crippen molar-refractivity contribution in [2.75, 3.05) is 0 Å². The van der Waals surface area contributed by atoms with Crippen LogP contribution in [-0.4, -0.2) is 17.1 Å². The molecule has 4 heteroatoms. The van der Waals surface area contributed by atoms with E-state index in [1.807, 2.05) is 13.0 Å². The summed E-state index contributed by atoms with van der Waals surface area (Å²) in [7, 11) is 0. The van der Waals surface area contributed by atoms with Crippen LogP contribution in [0.3, 0.4) is 0 Å². The Bertz CT molecular complexity index is 365. The van der Waals surface area contributed by atoms with Crippen LogP contribution < -0.4 is 10.5 Å². The Morgan fingerprint density at radius 3 is 2.69 bits per heavy atom. The number of nitrogens with two attached hydrogens (primary N) is 1. The molecule has 0 heterocycles. The highest BCUT2D eigenvalue weighted by atomic mass is 16.5. The molecule has 1 aromatic rings. The van der Waals surface area contributed by atoms with Gasteiger partial charge in [0.2, 0.25) is 0 Å². The number of hydrogen-bond acceptors (Lipinski definition) is 3. The van der Waals surface area contributed by atoms with Crippen molar-refractivity contribution in [3.05, 3.63) is 29.8 Å². The first-order valence-electron chi connectivity index (χ1n) is 5.29. The molecule has 1 amide bonds. The number of carbonyl (C=O) groups excluding carboxylic acids is 1. The first-order chi connectivity index (χ1) is 7.56. The molecule has 0 saturated carbocycles. The van der Waals surface area contributed by atoms with E-state index < -0.39 is 18.1 Å². The largest absolute Gasteiger partial charge is 0.481 e. The second-order valence-corrected chi connectivity index (χ2v) is 3.62. The van der Waals surface area contributed by atoms with E-state index in [4.69, 9.17) is 10.5 Å². The van der Waals surface area contributed by atoms with Gasteiger partial charge < -0.3 is 15.6 Å². The standard InChI is InChI=1S/C12H17NO3/c1-3-10(14)9-6-4-5-7-11(9)16-8(2)12(13)15/h4-8,10,14H,3H2,1-2H3,(H2,13,15)/t8?,10-/m0/s1. The predicted octanol–water partition coefficient (Wildman–Crippen LogP) is 1.38. The third-order valence-corrected chi connectivity index (χ3v) is 2.37. The lowest BCUT2D eigenvalue weighted by molar-refractivity contribution is -0.124. The molecular formula is C12H17NO3. The van der Waals surface area contributed by atoms with Gasteiger partial charge in [0.25, 0.3) is 5.91 Å². The second kappa shape index (κ2) is 5.51. The maximum Gasteiger partial charge on any atom is 0.258 e. The van der Waals surface area contributed by atoms with Crippen LogP contribution in [0.5, 0.6) is 5.75 Å². The maximum absolute atomic E-state index is 10.9. The van der Waals surface area contributed by atoms with Crippen LogP contribution in [0.15, 0.2) is 24.3 Å². The van der Waals surface area contributed by atoms with Gasteiger partial charge in [0.15, 0.2) is 6.10 Å². The summed E-state index contributed by atoms with van der Waals surface area (Å²) in [4.78, 5) is 10.9. The minimum atomic E-state index is -0.704. The SMILES string of the molecule is CC[C@H](O)c1ccccc1OC(C)C(N)=O. The van der Waals surface area contributed by atoms with E-state index in [1.54, 1.807) is 25.1 Å². The summed E-state index contributed by atoms with van der Waals surface area (Å²) >= 11 is 0. The molecule has 0 aliphatic heterocycles. The number of aliphatic hydroxyl groups is 1. The molecule has 0 aliphatic carbocycles. The molecule has 0 bridgehead atoms. The van der Waals surface area contributed by atoms with E-state index in [2.05, 4.69) is 0 Å². The monoisotopic (exact) mass is 223 g/mol. The normalized spacial score (nSPS) is 14.2. The topological polar surface area (TPSA) is 72.6 Å². The van der Waals surface area contributed by atoms with Crippen molar-refractivity contribution >= 4 is 5.91 Å². The third kappa shape index (κ3) is 2.97. The number of para-hydroxylation sites is 1. The minimum absolute atomic E-state index is 0.503. The highest BCUT2D eigenvalue weighted by molar-refractivity contribution is 5.78. The average molecular weight is 223 g/mol. The molecule has 3 N–H and O–H groups in total. The van der Waals surface area contributed by atoms with E-state index in [0.717, 1.165) is 0 Å². The molecule has 4 nitrogen and oxygen atoms in total. The van der Waals surface area contributed by atoms with Crippen LogP contribution in [0.2, 0.25) is 0 Å². The second-order valence-electron chi connectivity index (χ2n) is 3.62. The molecule has 1 aromatic carbocycles. The fourth-order valence-corrected chi connectivity index (χ4v) is 1.33. The number of amides is 1. The quantitative estimate of drug-likeness (QED) is 0.792. The molecule has 16 heavy (non-hydrogen) atoms. The van der Waals surface area contributed by atoms with Gasteiger partial charge in [-0.25, -0.2) is 0 Å². The fourth-order valence-electron chi connectivity index (χ4n) is 1.33. The lowest BCUT2D eigenvalue weighted by Gasteiger charge is -2.17. The van der Waals surface area contributed by atoms with Gasteiger partial charge >= 0.3 is 0 Å². The van der Waals surface area contributed by atoms with Gasteiger partial charge in [-0.05, 0) is 19.4 Å². The minimum Gasteiger partial charge on any atom is -0.481 e. The van der Waals surface area contributed by atoms with E-state index in [0.29, 0.717) is 17.7 Å². The first kappa shape index (κ1) is 12.5. The van der Waals surface area contributed by atoms with E-state index in [9.17, 15) is 9.90 Å². The molecule has 0 aromatic heterocycles. The van der Waals surface area contributed by atoms with E-state index >= 15 is 0 Å². The summed E-state index contributed by atoms with van der Waals surface area (Å²) in [5, 5.41) is 9.77. The van der Waals surface area contributed by atoms with Crippen LogP contribution >= 0.6 is 0 Å². The lowest BCUT2D eigenvalue weighted by Crippen LogP contribution is -2.31. The maximum atomic E-state index is 10.9. The van der Waals surface area contributed by atoms with E-state index in [-0.39, 0.29) is 0 Å². The molecule has 1 unspecified atom stereocenters. The Morgan fingerprint density at radius 2 is 2.12 bits per heavy atom. The summed E-state index contributed by atoms with van der Waals surface area (Å²) in [6, 6.07) is 7.09. The highest BCUT2D eigenvalue weighted by Gasteiger charge is 2.15. The number of carbonyl (C=O) groups is 1. The molecule has 0 fully saturated rings. The molecule has 0 aliphatic rings. The molecular weight excluding hydrogens is 206 g/mol. The van der Waals surface area contributed by atoms with Crippen LogP contribution in [0.4, 0.5) is 0 Å². The Hall–Kier alpha value is -1.55. The zero-order valence-corrected chi connectivity index (χ0v) is 9.51. The van der Waals surface area contributed by atoms with Crippen molar-refractivity contribution in [3.63, 3.8) is 0 Å². The van der Waals surface area contributed by atoms with Crippen molar-refractivity contribution in [2.24, 2.45) is 5.73 Å². The Morgan fingerprint density at radius 1 is 1.50 bits per heavy atom. The van der Waals surface area contributed by atoms with Crippen LogP contribution in [-0.2, 0) is 4.79 Å².